The second kappa shape index (κ2) is 8.50. The highest BCUT2D eigenvalue weighted by molar-refractivity contribution is 7.18. The van der Waals surface area contributed by atoms with Crippen LogP contribution in [0.15, 0.2) is 48.5 Å². The van der Waals surface area contributed by atoms with Crippen LogP contribution in [0.5, 0.6) is 11.5 Å². The summed E-state index contributed by atoms with van der Waals surface area (Å²) in [5.41, 5.74) is 1.24. The number of halogens is 1. The first kappa shape index (κ1) is 20.9. The van der Waals surface area contributed by atoms with Gasteiger partial charge in [-0.15, -0.1) is 22.7 Å². The van der Waals surface area contributed by atoms with E-state index in [4.69, 9.17) is 14.6 Å². The summed E-state index contributed by atoms with van der Waals surface area (Å²) in [7, 11) is 0. The first-order valence-corrected chi connectivity index (χ1v) is 11.5. The van der Waals surface area contributed by atoms with Crippen molar-refractivity contribution in [1.29, 1.82) is 0 Å². The van der Waals surface area contributed by atoms with Crippen molar-refractivity contribution in [2.45, 2.75) is 19.1 Å². The number of ether oxygens (including phenoxy) is 2. The summed E-state index contributed by atoms with van der Waals surface area (Å²) >= 11 is 2.65. The molecule has 1 aliphatic heterocycles. The zero-order valence-electron chi connectivity index (χ0n) is 16.7. The number of rotatable bonds is 6. The predicted molar refractivity (Wildman–Crippen MR) is 119 cm³/mol. The Hall–Kier alpha value is -3.01. The number of carboxylic acids is 1. The maximum absolute atomic E-state index is 13.4. The van der Waals surface area contributed by atoms with Crippen molar-refractivity contribution in [2.24, 2.45) is 5.92 Å². The molecule has 9 heteroatoms. The number of carboxylic acid groups (broad SMARTS) is 1. The minimum absolute atomic E-state index is 0.197. The summed E-state index contributed by atoms with van der Waals surface area (Å²) in [4.78, 5) is 16.7. The molecule has 4 aromatic rings. The summed E-state index contributed by atoms with van der Waals surface area (Å²) in [5, 5.41) is 20.8. The largest absolute Gasteiger partial charge is 0.493 e. The average molecular weight is 472 g/mol. The number of benzene rings is 2. The van der Waals surface area contributed by atoms with Crippen molar-refractivity contribution < 1.29 is 28.9 Å². The van der Waals surface area contributed by atoms with Crippen LogP contribution in [0.3, 0.4) is 0 Å². The van der Waals surface area contributed by atoms with Gasteiger partial charge in [-0.1, -0.05) is 0 Å². The number of aliphatic hydroxyl groups is 1. The van der Waals surface area contributed by atoms with E-state index in [9.17, 15) is 14.3 Å². The average Bonchev–Trinajstić information content (AvgIpc) is 3.41. The molecule has 2 aromatic carbocycles. The topological polar surface area (TPSA) is 88.9 Å². The van der Waals surface area contributed by atoms with E-state index in [1.165, 1.54) is 34.8 Å². The zero-order chi connectivity index (χ0) is 22.2. The second-order valence-electron chi connectivity index (χ2n) is 7.50. The molecule has 1 aliphatic rings. The van der Waals surface area contributed by atoms with Crippen molar-refractivity contribution in [2.75, 3.05) is 6.61 Å². The van der Waals surface area contributed by atoms with E-state index in [1.54, 1.807) is 36.4 Å². The highest BCUT2D eigenvalue weighted by Crippen LogP contribution is 2.39. The Morgan fingerprint density at radius 3 is 2.88 bits per heavy atom. The van der Waals surface area contributed by atoms with Crippen LogP contribution in [-0.4, -0.2) is 27.8 Å². The Balaban J connectivity index is 1.29. The quantitative estimate of drug-likeness (QED) is 0.409. The number of hydrogen-bond donors (Lipinski definition) is 2. The first-order valence-electron chi connectivity index (χ1n) is 9.91. The fourth-order valence-electron chi connectivity index (χ4n) is 3.71. The summed E-state index contributed by atoms with van der Waals surface area (Å²) < 4.78 is 26.0. The fourth-order valence-corrected chi connectivity index (χ4v) is 5.51. The number of thiophene rings is 1. The zero-order valence-corrected chi connectivity index (χ0v) is 18.3. The van der Waals surface area contributed by atoms with E-state index in [-0.39, 0.29) is 23.2 Å². The smallest absolute Gasteiger partial charge is 0.345 e. The van der Waals surface area contributed by atoms with Gasteiger partial charge in [-0.3, -0.25) is 0 Å². The minimum atomic E-state index is -0.952. The fraction of sp³-hybridized carbons (Fsp3) is 0.217. The predicted octanol–water partition coefficient (Wildman–Crippen LogP) is 5.06. The summed E-state index contributed by atoms with van der Waals surface area (Å²) in [6.45, 7) is 0.574. The third kappa shape index (κ3) is 4.19. The molecule has 2 N–H and O–H groups in total. The molecule has 2 atom stereocenters. The molecule has 0 amide bonds. The van der Waals surface area contributed by atoms with E-state index in [0.29, 0.717) is 35.6 Å². The van der Waals surface area contributed by atoms with E-state index in [1.807, 2.05) is 0 Å². The van der Waals surface area contributed by atoms with Gasteiger partial charge in [0.25, 0.3) is 0 Å². The molecule has 0 saturated heterocycles. The van der Waals surface area contributed by atoms with Gasteiger partial charge >= 0.3 is 5.97 Å². The molecular weight excluding hydrogens is 453 g/mol. The first-order chi connectivity index (χ1) is 15.5. The van der Waals surface area contributed by atoms with Crippen LogP contribution in [-0.2, 0) is 13.0 Å². The van der Waals surface area contributed by atoms with Gasteiger partial charge in [-0.05, 0) is 48.9 Å². The molecule has 0 spiro atoms. The highest BCUT2D eigenvalue weighted by Gasteiger charge is 2.30. The SMILES string of the molecule is O=C(O)c1ccc(CC2COc3ccc(OCc4nc5cc(F)ccc5s4)cc3C2O)s1. The maximum Gasteiger partial charge on any atom is 0.345 e. The van der Waals surface area contributed by atoms with Crippen LogP contribution < -0.4 is 9.47 Å². The third-order valence-corrected chi connectivity index (χ3v) is 7.40. The van der Waals surface area contributed by atoms with Gasteiger partial charge in [-0.25, -0.2) is 14.2 Å². The molecule has 0 saturated carbocycles. The Morgan fingerprint density at radius 2 is 2.06 bits per heavy atom. The van der Waals surface area contributed by atoms with Crippen LogP contribution in [0.2, 0.25) is 0 Å². The Kier molecular flexibility index (Phi) is 5.54. The summed E-state index contributed by atoms with van der Waals surface area (Å²) in [5.74, 6) is -0.296. The normalized spacial score (nSPS) is 17.7. The maximum atomic E-state index is 13.4. The molecule has 3 heterocycles. The van der Waals surface area contributed by atoms with Gasteiger partial charge in [0.15, 0.2) is 0 Å². The number of carbonyl (C=O) groups is 1. The molecule has 5 rings (SSSR count). The molecule has 0 fully saturated rings. The van der Waals surface area contributed by atoms with Crippen LogP contribution in [0.4, 0.5) is 4.39 Å². The molecular formula is C23H18FNO5S2. The van der Waals surface area contributed by atoms with Gasteiger partial charge in [0.05, 0.1) is 22.9 Å². The number of thiazole rings is 1. The molecule has 6 nitrogen and oxygen atoms in total. The van der Waals surface area contributed by atoms with Crippen molar-refractivity contribution >= 4 is 38.9 Å². The second-order valence-corrected chi connectivity index (χ2v) is 9.78. The lowest BCUT2D eigenvalue weighted by Gasteiger charge is -2.30. The van der Waals surface area contributed by atoms with Crippen LogP contribution in [0.25, 0.3) is 10.2 Å². The summed E-state index contributed by atoms with van der Waals surface area (Å²) in [6.07, 6.45) is -0.241. The Bertz CT molecular complexity index is 1300. The molecule has 164 valence electrons. The molecule has 32 heavy (non-hydrogen) atoms. The van der Waals surface area contributed by atoms with Gasteiger partial charge in [0.2, 0.25) is 0 Å². The Labute approximate surface area is 190 Å². The number of nitrogens with zero attached hydrogens (tertiary/aromatic N) is 1. The number of aromatic carboxylic acids is 1. The molecule has 2 unspecified atom stereocenters. The standard InChI is InChI=1S/C23H18FNO5S2/c24-13-1-5-19-17(8-13)25-21(32-19)11-29-14-2-4-18-16(9-14)22(26)12(10-30-18)7-15-3-6-20(31-15)23(27)28/h1-6,8-9,12,22,26H,7,10-11H2,(H,27,28). The van der Waals surface area contributed by atoms with Gasteiger partial charge < -0.3 is 19.7 Å². The molecule has 0 aliphatic carbocycles. The van der Waals surface area contributed by atoms with Gasteiger partial charge in [0, 0.05) is 22.4 Å². The number of fused-ring (bicyclic) bond motifs is 2. The lowest BCUT2D eigenvalue weighted by atomic mass is 9.90. The third-order valence-electron chi connectivity index (χ3n) is 5.29. The van der Waals surface area contributed by atoms with E-state index in [0.717, 1.165) is 14.6 Å². The summed E-state index contributed by atoms with van der Waals surface area (Å²) in [6, 6.07) is 13.2. The van der Waals surface area contributed by atoms with Crippen molar-refractivity contribution in [1.82, 2.24) is 4.98 Å². The van der Waals surface area contributed by atoms with Crippen LogP contribution in [0.1, 0.15) is 31.2 Å². The van der Waals surface area contributed by atoms with Crippen molar-refractivity contribution in [3.8, 4) is 11.5 Å². The Morgan fingerprint density at radius 1 is 1.19 bits per heavy atom. The van der Waals surface area contributed by atoms with E-state index >= 15 is 0 Å². The number of aromatic nitrogens is 1. The molecule has 0 radical (unpaired) electrons. The van der Waals surface area contributed by atoms with Gasteiger partial charge in [-0.2, -0.15) is 0 Å². The number of aliphatic hydroxyl groups excluding tert-OH is 1. The minimum Gasteiger partial charge on any atom is -0.493 e. The van der Waals surface area contributed by atoms with Crippen LogP contribution >= 0.6 is 22.7 Å². The lowest BCUT2D eigenvalue weighted by molar-refractivity contribution is 0.0508. The van der Waals surface area contributed by atoms with Crippen LogP contribution in [0, 0.1) is 11.7 Å². The van der Waals surface area contributed by atoms with E-state index < -0.39 is 12.1 Å². The lowest BCUT2D eigenvalue weighted by Crippen LogP contribution is -2.27. The van der Waals surface area contributed by atoms with Gasteiger partial charge in [0.1, 0.15) is 33.8 Å². The highest BCUT2D eigenvalue weighted by atomic mass is 32.1. The molecule has 0 bridgehead atoms. The van der Waals surface area contributed by atoms with E-state index in [2.05, 4.69) is 4.98 Å². The molecule has 2 aromatic heterocycles. The number of hydrogen-bond acceptors (Lipinski definition) is 7. The van der Waals surface area contributed by atoms with Crippen molar-refractivity contribution in [3.63, 3.8) is 0 Å². The monoisotopic (exact) mass is 471 g/mol. The van der Waals surface area contributed by atoms with Crippen molar-refractivity contribution in [3.05, 3.63) is 74.7 Å².